The fourth-order valence-corrected chi connectivity index (χ4v) is 4.25. The fraction of sp³-hybridized carbons (Fsp3) is 0.417. The molecule has 186 valence electrons. The summed E-state index contributed by atoms with van der Waals surface area (Å²) in [6.07, 6.45) is 1.76. The van der Waals surface area contributed by atoms with Gasteiger partial charge in [0.2, 0.25) is 21.8 Å². The van der Waals surface area contributed by atoms with Gasteiger partial charge in [0.25, 0.3) is 0 Å². The van der Waals surface area contributed by atoms with Crippen LogP contribution in [-0.4, -0.2) is 57.1 Å². The van der Waals surface area contributed by atoms with E-state index >= 15 is 0 Å². The molecule has 0 spiro atoms. The Morgan fingerprint density at radius 1 is 1.12 bits per heavy atom. The molecule has 2 amide bonds. The van der Waals surface area contributed by atoms with Crippen LogP contribution in [0, 0.1) is 0 Å². The molecule has 2 atom stereocenters. The highest BCUT2D eigenvalue weighted by Crippen LogP contribution is 2.23. The minimum atomic E-state index is -3.80. The average molecular weight is 510 g/mol. The highest BCUT2D eigenvalue weighted by molar-refractivity contribution is 7.92. The molecule has 0 unspecified atom stereocenters. The number of anilines is 1. The summed E-state index contributed by atoms with van der Waals surface area (Å²) in [6, 6.07) is 12.5. The molecule has 0 aromatic heterocycles. The van der Waals surface area contributed by atoms with E-state index in [9.17, 15) is 18.0 Å². The standard InChI is InChI=1S/C24H32ClN3O5S/c1-6-17(2)26-24(30)18(3)27(15-19-10-12-22(33-4)13-11-19)23(29)16-28(34(5,31)32)21-9-7-8-20(25)14-21/h7-14,17-18H,6,15-16H2,1-5H3,(H,26,30)/t17-,18-/m0/s1. The van der Waals surface area contributed by atoms with Gasteiger partial charge in [0.05, 0.1) is 19.1 Å². The molecule has 2 aromatic rings. The van der Waals surface area contributed by atoms with Crippen molar-refractivity contribution >= 4 is 39.1 Å². The summed E-state index contributed by atoms with van der Waals surface area (Å²) in [6.45, 7) is 5.10. The summed E-state index contributed by atoms with van der Waals surface area (Å²) < 4.78 is 31.2. The number of carbonyl (C=O) groups is 2. The van der Waals surface area contributed by atoms with Crippen LogP contribution in [0.2, 0.25) is 5.02 Å². The third kappa shape index (κ3) is 7.63. The van der Waals surface area contributed by atoms with Crippen molar-refractivity contribution in [2.75, 3.05) is 24.2 Å². The van der Waals surface area contributed by atoms with Crippen LogP contribution in [0.15, 0.2) is 48.5 Å². The quantitative estimate of drug-likeness (QED) is 0.500. The molecule has 2 rings (SSSR count). The van der Waals surface area contributed by atoms with Crippen molar-refractivity contribution in [1.29, 1.82) is 0 Å². The summed E-state index contributed by atoms with van der Waals surface area (Å²) in [5.41, 5.74) is 1.04. The van der Waals surface area contributed by atoms with Crippen LogP contribution in [0.1, 0.15) is 32.8 Å². The van der Waals surface area contributed by atoms with Gasteiger partial charge < -0.3 is 15.0 Å². The van der Waals surface area contributed by atoms with Crippen LogP contribution in [0.25, 0.3) is 0 Å². The highest BCUT2D eigenvalue weighted by atomic mass is 35.5. The molecule has 1 N–H and O–H groups in total. The molecule has 0 bridgehead atoms. The zero-order chi connectivity index (χ0) is 25.5. The van der Waals surface area contributed by atoms with Crippen LogP contribution in [0.4, 0.5) is 5.69 Å². The van der Waals surface area contributed by atoms with Crippen LogP contribution >= 0.6 is 11.6 Å². The first kappa shape index (κ1) is 27.5. The number of benzene rings is 2. The number of hydrogen-bond donors (Lipinski definition) is 1. The zero-order valence-electron chi connectivity index (χ0n) is 20.1. The molecule has 0 radical (unpaired) electrons. The van der Waals surface area contributed by atoms with E-state index in [1.165, 1.54) is 11.0 Å². The van der Waals surface area contributed by atoms with Gasteiger partial charge in [0.1, 0.15) is 18.3 Å². The lowest BCUT2D eigenvalue weighted by atomic mass is 10.1. The number of nitrogens with zero attached hydrogens (tertiary/aromatic N) is 2. The van der Waals surface area contributed by atoms with E-state index < -0.39 is 28.5 Å². The van der Waals surface area contributed by atoms with Crippen molar-refractivity contribution in [2.24, 2.45) is 0 Å². The van der Waals surface area contributed by atoms with E-state index in [0.717, 1.165) is 22.5 Å². The molecule has 8 nitrogen and oxygen atoms in total. The van der Waals surface area contributed by atoms with E-state index in [1.54, 1.807) is 56.5 Å². The van der Waals surface area contributed by atoms with Crippen molar-refractivity contribution in [3.8, 4) is 5.75 Å². The van der Waals surface area contributed by atoms with E-state index in [1.807, 2.05) is 13.8 Å². The molecule has 0 saturated heterocycles. The van der Waals surface area contributed by atoms with Crippen LogP contribution in [-0.2, 0) is 26.2 Å². The first-order valence-corrected chi connectivity index (χ1v) is 13.1. The van der Waals surface area contributed by atoms with Gasteiger partial charge in [0.15, 0.2) is 0 Å². The molecule has 0 heterocycles. The molecule has 0 fully saturated rings. The Morgan fingerprint density at radius 2 is 1.76 bits per heavy atom. The monoisotopic (exact) mass is 509 g/mol. The molecule has 0 aliphatic carbocycles. The van der Waals surface area contributed by atoms with E-state index in [-0.39, 0.29) is 24.2 Å². The van der Waals surface area contributed by atoms with Crippen molar-refractivity contribution in [3.05, 3.63) is 59.1 Å². The number of halogens is 1. The van der Waals surface area contributed by atoms with Gasteiger partial charge in [-0.15, -0.1) is 0 Å². The van der Waals surface area contributed by atoms with Gasteiger partial charge >= 0.3 is 0 Å². The smallest absolute Gasteiger partial charge is 0.244 e. The fourth-order valence-electron chi connectivity index (χ4n) is 3.22. The molecule has 2 aromatic carbocycles. The largest absolute Gasteiger partial charge is 0.497 e. The minimum absolute atomic E-state index is 0.0631. The Morgan fingerprint density at radius 3 is 2.29 bits per heavy atom. The minimum Gasteiger partial charge on any atom is -0.497 e. The lowest BCUT2D eigenvalue weighted by molar-refractivity contribution is -0.139. The number of nitrogens with one attached hydrogen (secondary N) is 1. The number of amides is 2. The first-order chi connectivity index (χ1) is 16.0. The predicted octanol–water partition coefficient (Wildman–Crippen LogP) is 3.45. The average Bonchev–Trinajstić information content (AvgIpc) is 2.79. The SMILES string of the molecule is CC[C@H](C)NC(=O)[C@H](C)N(Cc1ccc(OC)cc1)C(=O)CN(c1cccc(Cl)c1)S(C)(=O)=O. The summed E-state index contributed by atoms with van der Waals surface area (Å²) in [5, 5.41) is 3.23. The van der Waals surface area contributed by atoms with Gasteiger partial charge in [-0.25, -0.2) is 8.42 Å². The number of ether oxygens (including phenoxy) is 1. The second-order valence-corrected chi connectivity index (χ2v) is 10.5. The lowest BCUT2D eigenvalue weighted by Gasteiger charge is -2.32. The Hall–Kier alpha value is -2.78. The van der Waals surface area contributed by atoms with Gasteiger partial charge in [-0.2, -0.15) is 0 Å². The molecule has 34 heavy (non-hydrogen) atoms. The van der Waals surface area contributed by atoms with Crippen molar-refractivity contribution < 1.29 is 22.7 Å². The highest BCUT2D eigenvalue weighted by Gasteiger charge is 2.30. The topological polar surface area (TPSA) is 96.0 Å². The Bertz CT molecular complexity index is 1090. The maximum Gasteiger partial charge on any atom is 0.244 e. The predicted molar refractivity (Wildman–Crippen MR) is 135 cm³/mol. The van der Waals surface area contributed by atoms with Crippen molar-refractivity contribution in [3.63, 3.8) is 0 Å². The second kappa shape index (κ2) is 12.1. The molecule has 10 heteroatoms. The van der Waals surface area contributed by atoms with Crippen molar-refractivity contribution in [2.45, 2.75) is 45.8 Å². The second-order valence-electron chi connectivity index (χ2n) is 8.11. The molecular weight excluding hydrogens is 478 g/mol. The maximum absolute atomic E-state index is 13.5. The normalized spacial score (nSPS) is 13.0. The van der Waals surface area contributed by atoms with Gasteiger partial charge in [-0.1, -0.05) is 36.7 Å². The lowest BCUT2D eigenvalue weighted by Crippen LogP contribution is -2.52. The Kier molecular flexibility index (Phi) is 9.76. The summed E-state index contributed by atoms with van der Waals surface area (Å²) in [7, 11) is -2.25. The van der Waals surface area contributed by atoms with Gasteiger partial charge in [0, 0.05) is 17.6 Å². The van der Waals surface area contributed by atoms with E-state index in [4.69, 9.17) is 16.3 Å². The number of hydrogen-bond acceptors (Lipinski definition) is 5. The number of methoxy groups -OCH3 is 1. The van der Waals surface area contributed by atoms with E-state index in [0.29, 0.717) is 10.8 Å². The number of sulfonamides is 1. The summed E-state index contributed by atoms with van der Waals surface area (Å²) >= 11 is 6.04. The van der Waals surface area contributed by atoms with Crippen molar-refractivity contribution in [1.82, 2.24) is 10.2 Å². The molecular formula is C24H32ClN3O5S. The van der Waals surface area contributed by atoms with E-state index in [2.05, 4.69) is 5.32 Å². The molecule has 0 aliphatic rings. The Balaban J connectivity index is 2.37. The molecule has 0 aliphatic heterocycles. The van der Waals surface area contributed by atoms with Gasteiger partial charge in [-0.3, -0.25) is 13.9 Å². The third-order valence-electron chi connectivity index (χ3n) is 5.46. The van der Waals surface area contributed by atoms with Crippen LogP contribution in [0.5, 0.6) is 5.75 Å². The molecule has 0 saturated carbocycles. The summed E-state index contributed by atoms with van der Waals surface area (Å²) in [4.78, 5) is 27.7. The van der Waals surface area contributed by atoms with Crippen LogP contribution in [0.3, 0.4) is 0 Å². The Labute approximate surface area is 206 Å². The van der Waals surface area contributed by atoms with Gasteiger partial charge in [-0.05, 0) is 56.2 Å². The third-order valence-corrected chi connectivity index (χ3v) is 6.83. The summed E-state index contributed by atoms with van der Waals surface area (Å²) in [5.74, 6) is -0.175. The zero-order valence-corrected chi connectivity index (χ0v) is 21.7. The first-order valence-electron chi connectivity index (χ1n) is 10.9. The maximum atomic E-state index is 13.5. The number of rotatable bonds is 11. The number of carbonyl (C=O) groups excluding carboxylic acids is 2. The van der Waals surface area contributed by atoms with Crippen LogP contribution < -0.4 is 14.4 Å².